The molecule has 100 valence electrons. The number of anilines is 2. The number of hydrogen-bond acceptors (Lipinski definition) is 4. The van der Waals surface area contributed by atoms with Crippen LogP contribution in [0.1, 0.15) is 26.2 Å². The van der Waals surface area contributed by atoms with E-state index in [0.717, 1.165) is 6.54 Å². The van der Waals surface area contributed by atoms with E-state index in [1.54, 1.807) is 12.1 Å². The summed E-state index contributed by atoms with van der Waals surface area (Å²) in [5.74, 6) is 0. The highest BCUT2D eigenvalue weighted by atomic mass is 32.2. The van der Waals surface area contributed by atoms with Gasteiger partial charge in [-0.15, -0.1) is 0 Å². The van der Waals surface area contributed by atoms with Gasteiger partial charge in [0.1, 0.15) is 4.90 Å². The molecule has 0 bridgehead atoms. The van der Waals surface area contributed by atoms with Gasteiger partial charge in [-0.1, -0.05) is 13.3 Å². The minimum Gasteiger partial charge on any atom is -0.399 e. The van der Waals surface area contributed by atoms with Crippen LogP contribution < -0.4 is 16.2 Å². The summed E-state index contributed by atoms with van der Waals surface area (Å²) in [5.41, 5.74) is 6.77. The molecule has 0 aromatic heterocycles. The third-order valence-corrected chi connectivity index (χ3v) is 4.53. The van der Waals surface area contributed by atoms with Gasteiger partial charge in [0.15, 0.2) is 0 Å². The molecule has 6 heteroatoms. The number of benzene rings is 1. The second-order valence-electron chi connectivity index (χ2n) is 5.32. The van der Waals surface area contributed by atoms with E-state index in [0.29, 0.717) is 11.4 Å². The molecular weight excluding hydrogens is 250 g/mol. The van der Waals surface area contributed by atoms with Crippen molar-refractivity contribution < 1.29 is 8.42 Å². The van der Waals surface area contributed by atoms with Gasteiger partial charge in [0, 0.05) is 12.2 Å². The molecule has 0 saturated heterocycles. The largest absolute Gasteiger partial charge is 0.399 e. The van der Waals surface area contributed by atoms with Crippen LogP contribution in [-0.4, -0.2) is 15.0 Å². The first-order valence-corrected chi connectivity index (χ1v) is 7.51. The number of nitrogen functional groups attached to an aromatic ring is 1. The molecular formula is C12H19N3O2S. The van der Waals surface area contributed by atoms with Crippen molar-refractivity contribution in [2.75, 3.05) is 17.6 Å². The van der Waals surface area contributed by atoms with Crippen molar-refractivity contribution in [3.05, 3.63) is 18.2 Å². The molecule has 1 aliphatic carbocycles. The Bertz CT molecular complexity index is 550. The summed E-state index contributed by atoms with van der Waals surface area (Å²) < 4.78 is 23.0. The molecule has 0 spiro atoms. The number of primary sulfonamides is 1. The number of rotatable bonds is 4. The first-order valence-electron chi connectivity index (χ1n) is 5.96. The lowest BCUT2D eigenvalue weighted by molar-refractivity contribution is 0.180. The standard InChI is InChI=1S/C12H19N3O2S/c1-12(5-2-6-12)8-15-10-4-3-9(13)7-11(10)18(14,16)17/h3-4,7,15H,2,5-6,8,13H2,1H3,(H2,14,16,17). The van der Waals surface area contributed by atoms with Gasteiger partial charge in [0.2, 0.25) is 10.0 Å². The molecule has 0 amide bonds. The average Bonchev–Trinajstić information content (AvgIpc) is 2.23. The van der Waals surface area contributed by atoms with Gasteiger partial charge in [0.05, 0.1) is 5.69 Å². The van der Waals surface area contributed by atoms with Crippen LogP contribution in [0.15, 0.2) is 23.1 Å². The first-order chi connectivity index (χ1) is 8.30. The zero-order valence-electron chi connectivity index (χ0n) is 10.4. The van der Waals surface area contributed by atoms with Crippen molar-refractivity contribution in [2.24, 2.45) is 10.6 Å². The van der Waals surface area contributed by atoms with Crippen molar-refractivity contribution in [3.8, 4) is 0 Å². The monoisotopic (exact) mass is 269 g/mol. The maximum atomic E-state index is 11.5. The van der Waals surface area contributed by atoms with Crippen LogP contribution in [0.2, 0.25) is 0 Å². The second-order valence-corrected chi connectivity index (χ2v) is 6.85. The third-order valence-electron chi connectivity index (χ3n) is 3.58. The van der Waals surface area contributed by atoms with Gasteiger partial charge in [-0.25, -0.2) is 13.6 Å². The van der Waals surface area contributed by atoms with E-state index < -0.39 is 10.0 Å². The lowest BCUT2D eigenvalue weighted by atomic mass is 9.70. The number of nitrogens with one attached hydrogen (secondary N) is 1. The molecule has 0 atom stereocenters. The van der Waals surface area contributed by atoms with E-state index in [-0.39, 0.29) is 10.3 Å². The van der Waals surface area contributed by atoms with Gasteiger partial charge in [-0.3, -0.25) is 0 Å². The van der Waals surface area contributed by atoms with E-state index >= 15 is 0 Å². The highest BCUT2D eigenvalue weighted by molar-refractivity contribution is 7.89. The molecule has 0 unspecified atom stereocenters. The molecule has 1 saturated carbocycles. The van der Waals surface area contributed by atoms with Crippen molar-refractivity contribution in [1.29, 1.82) is 0 Å². The maximum Gasteiger partial charge on any atom is 0.240 e. The van der Waals surface area contributed by atoms with Gasteiger partial charge in [-0.2, -0.15) is 0 Å². The summed E-state index contributed by atoms with van der Waals surface area (Å²) in [5, 5.41) is 8.36. The topological polar surface area (TPSA) is 98.2 Å². The summed E-state index contributed by atoms with van der Waals surface area (Å²) >= 11 is 0. The number of sulfonamides is 1. The van der Waals surface area contributed by atoms with Crippen LogP contribution in [0.5, 0.6) is 0 Å². The van der Waals surface area contributed by atoms with Crippen molar-refractivity contribution in [3.63, 3.8) is 0 Å². The summed E-state index contributed by atoms with van der Waals surface area (Å²) in [6, 6.07) is 4.72. The fourth-order valence-electron chi connectivity index (χ4n) is 2.19. The summed E-state index contributed by atoms with van der Waals surface area (Å²) in [4.78, 5) is 0.0606. The van der Waals surface area contributed by atoms with Crippen molar-refractivity contribution in [2.45, 2.75) is 31.1 Å². The fraction of sp³-hybridized carbons (Fsp3) is 0.500. The minimum absolute atomic E-state index is 0.0606. The van der Waals surface area contributed by atoms with Crippen LogP contribution in [0.4, 0.5) is 11.4 Å². The third kappa shape index (κ3) is 2.76. The van der Waals surface area contributed by atoms with E-state index in [2.05, 4.69) is 12.2 Å². The van der Waals surface area contributed by atoms with Gasteiger partial charge >= 0.3 is 0 Å². The van der Waals surface area contributed by atoms with Crippen LogP contribution in [0.3, 0.4) is 0 Å². The highest BCUT2D eigenvalue weighted by Gasteiger charge is 2.31. The van der Waals surface area contributed by atoms with Crippen molar-refractivity contribution in [1.82, 2.24) is 0 Å². The maximum absolute atomic E-state index is 11.5. The first kappa shape index (κ1) is 13.2. The molecule has 1 aliphatic rings. The molecule has 18 heavy (non-hydrogen) atoms. The molecule has 0 radical (unpaired) electrons. The zero-order chi connectivity index (χ0) is 13.4. The molecule has 1 fully saturated rings. The number of hydrogen-bond donors (Lipinski definition) is 3. The molecule has 2 rings (SSSR count). The van der Waals surface area contributed by atoms with Crippen LogP contribution in [-0.2, 0) is 10.0 Å². The van der Waals surface area contributed by atoms with Gasteiger partial charge in [-0.05, 0) is 36.5 Å². The molecule has 5 nitrogen and oxygen atoms in total. The summed E-state index contributed by atoms with van der Waals surface area (Å²) in [6.45, 7) is 2.94. The Morgan fingerprint density at radius 2 is 2.06 bits per heavy atom. The molecule has 0 heterocycles. The number of nitrogens with two attached hydrogens (primary N) is 2. The van der Waals surface area contributed by atoms with E-state index in [4.69, 9.17) is 10.9 Å². The Labute approximate surface area is 108 Å². The minimum atomic E-state index is -3.75. The van der Waals surface area contributed by atoms with E-state index in [1.165, 1.54) is 25.3 Å². The normalized spacial score (nSPS) is 18.1. The average molecular weight is 269 g/mol. The lowest BCUT2D eigenvalue weighted by Crippen LogP contribution is -2.33. The summed E-state index contributed by atoms with van der Waals surface area (Å²) in [7, 11) is -3.75. The Morgan fingerprint density at radius 1 is 1.39 bits per heavy atom. The smallest absolute Gasteiger partial charge is 0.240 e. The zero-order valence-corrected chi connectivity index (χ0v) is 11.3. The van der Waals surface area contributed by atoms with Crippen LogP contribution in [0.25, 0.3) is 0 Å². The highest BCUT2D eigenvalue weighted by Crippen LogP contribution is 2.40. The second kappa shape index (κ2) is 4.44. The molecule has 0 aliphatic heterocycles. The quantitative estimate of drug-likeness (QED) is 0.722. The lowest BCUT2D eigenvalue weighted by Gasteiger charge is -2.38. The van der Waals surface area contributed by atoms with Crippen LogP contribution >= 0.6 is 0 Å². The molecule has 1 aromatic carbocycles. The Balaban J connectivity index is 2.22. The van der Waals surface area contributed by atoms with E-state index in [1.807, 2.05) is 0 Å². The molecule has 5 N–H and O–H groups in total. The summed E-state index contributed by atoms with van der Waals surface area (Å²) in [6.07, 6.45) is 3.57. The van der Waals surface area contributed by atoms with E-state index in [9.17, 15) is 8.42 Å². The fourth-order valence-corrected chi connectivity index (χ4v) is 2.93. The van der Waals surface area contributed by atoms with Gasteiger partial charge in [0.25, 0.3) is 0 Å². The Hall–Kier alpha value is -1.27. The Morgan fingerprint density at radius 3 is 2.56 bits per heavy atom. The molecule has 1 aromatic rings. The SMILES string of the molecule is CC1(CNc2ccc(N)cc2S(N)(=O)=O)CCC1. The van der Waals surface area contributed by atoms with Gasteiger partial charge < -0.3 is 11.1 Å². The predicted octanol–water partition coefficient (Wildman–Crippen LogP) is 1.52. The van der Waals surface area contributed by atoms with Crippen LogP contribution in [0, 0.1) is 5.41 Å². The van der Waals surface area contributed by atoms with Crippen molar-refractivity contribution >= 4 is 21.4 Å². The Kier molecular flexibility index (Phi) is 3.25. The predicted molar refractivity (Wildman–Crippen MR) is 72.7 cm³/mol.